The minimum atomic E-state index is -0.775. The van der Waals surface area contributed by atoms with Gasteiger partial charge in [0, 0.05) is 19.5 Å². The number of hydrogen-bond donors (Lipinski definition) is 1. The quantitative estimate of drug-likeness (QED) is 0.770. The first kappa shape index (κ1) is 12.0. The number of carbonyl (C=O) groups excluding carboxylic acids is 1. The van der Waals surface area contributed by atoms with Gasteiger partial charge in [-0.3, -0.25) is 9.59 Å². The first-order chi connectivity index (χ1) is 7.15. The normalized spacial score (nSPS) is 21.4. The molecule has 1 heterocycles. The molecule has 0 aromatic carbocycles. The highest BCUT2D eigenvalue weighted by Gasteiger charge is 2.27. The van der Waals surface area contributed by atoms with Crippen molar-refractivity contribution in [3.63, 3.8) is 0 Å². The number of hydrogen-bond acceptors (Lipinski definition) is 2. The van der Waals surface area contributed by atoms with Crippen molar-refractivity contribution in [2.24, 2.45) is 5.92 Å². The predicted molar refractivity (Wildman–Crippen MR) is 56.5 cm³/mol. The van der Waals surface area contributed by atoms with Crippen LogP contribution in [0.1, 0.15) is 39.0 Å². The highest BCUT2D eigenvalue weighted by molar-refractivity contribution is 5.77. The summed E-state index contributed by atoms with van der Waals surface area (Å²) in [7, 11) is 0. The molecule has 0 aromatic rings. The molecule has 1 fully saturated rings. The third-order valence-corrected chi connectivity index (χ3v) is 2.87. The number of likely N-dealkylation sites (tertiary alicyclic amines) is 1. The molecule has 1 saturated heterocycles. The molecule has 0 saturated carbocycles. The summed E-state index contributed by atoms with van der Waals surface area (Å²) in [4.78, 5) is 24.2. The summed E-state index contributed by atoms with van der Waals surface area (Å²) in [6, 6.07) is 0. The Labute approximate surface area is 90.3 Å². The molecule has 0 bridgehead atoms. The summed E-state index contributed by atoms with van der Waals surface area (Å²) in [5.41, 5.74) is 0. The second-order valence-corrected chi connectivity index (χ2v) is 4.12. The predicted octanol–water partition coefficient (Wildman–Crippen LogP) is 1.50. The van der Waals surface area contributed by atoms with Gasteiger partial charge in [0.1, 0.15) is 0 Å². The maximum atomic E-state index is 11.7. The summed E-state index contributed by atoms with van der Waals surface area (Å²) >= 11 is 0. The molecule has 0 radical (unpaired) electrons. The first-order valence-corrected chi connectivity index (χ1v) is 5.65. The third kappa shape index (κ3) is 3.53. The maximum absolute atomic E-state index is 11.7. The average molecular weight is 213 g/mol. The minimum absolute atomic E-state index is 0.114. The van der Waals surface area contributed by atoms with Gasteiger partial charge >= 0.3 is 5.97 Å². The number of carboxylic acid groups (broad SMARTS) is 1. The van der Waals surface area contributed by atoms with Gasteiger partial charge in [-0.05, 0) is 19.3 Å². The zero-order valence-corrected chi connectivity index (χ0v) is 9.24. The van der Waals surface area contributed by atoms with E-state index in [4.69, 9.17) is 5.11 Å². The van der Waals surface area contributed by atoms with E-state index in [0.717, 1.165) is 25.8 Å². The molecule has 86 valence electrons. The van der Waals surface area contributed by atoms with Crippen molar-refractivity contribution < 1.29 is 14.7 Å². The second-order valence-electron chi connectivity index (χ2n) is 4.12. The zero-order valence-electron chi connectivity index (χ0n) is 9.24. The van der Waals surface area contributed by atoms with Gasteiger partial charge < -0.3 is 10.0 Å². The first-order valence-electron chi connectivity index (χ1n) is 5.65. The SMILES string of the molecule is CCCCC(=O)N1CCC[C@@H](C(=O)O)C1. The number of carbonyl (C=O) groups is 2. The maximum Gasteiger partial charge on any atom is 0.308 e. The van der Waals surface area contributed by atoms with Gasteiger partial charge in [0.15, 0.2) is 0 Å². The van der Waals surface area contributed by atoms with Crippen molar-refractivity contribution in [2.75, 3.05) is 13.1 Å². The van der Waals surface area contributed by atoms with Crippen LogP contribution in [0.5, 0.6) is 0 Å². The molecule has 0 aliphatic carbocycles. The van der Waals surface area contributed by atoms with E-state index in [9.17, 15) is 9.59 Å². The summed E-state index contributed by atoms with van der Waals surface area (Å²) in [6.45, 7) is 3.17. The molecule has 1 aliphatic rings. The van der Waals surface area contributed by atoms with Crippen LogP contribution in [0.3, 0.4) is 0 Å². The van der Waals surface area contributed by atoms with Crippen molar-refractivity contribution >= 4 is 11.9 Å². The van der Waals surface area contributed by atoms with E-state index in [1.807, 2.05) is 6.92 Å². The lowest BCUT2D eigenvalue weighted by Gasteiger charge is -2.30. The number of nitrogens with zero attached hydrogens (tertiary/aromatic N) is 1. The van der Waals surface area contributed by atoms with E-state index in [2.05, 4.69) is 0 Å². The number of aliphatic carboxylic acids is 1. The van der Waals surface area contributed by atoms with Crippen LogP contribution in [0, 0.1) is 5.92 Å². The Bertz CT molecular complexity index is 240. The van der Waals surface area contributed by atoms with Crippen molar-refractivity contribution in [2.45, 2.75) is 39.0 Å². The Kier molecular flexibility index (Phi) is 4.59. The third-order valence-electron chi connectivity index (χ3n) is 2.87. The molecule has 0 spiro atoms. The van der Waals surface area contributed by atoms with Crippen molar-refractivity contribution in [1.82, 2.24) is 4.90 Å². The molecular weight excluding hydrogens is 194 g/mol. The molecular formula is C11H19NO3. The fraction of sp³-hybridized carbons (Fsp3) is 0.818. The van der Waals surface area contributed by atoms with Crippen molar-refractivity contribution in [1.29, 1.82) is 0 Å². The molecule has 4 nitrogen and oxygen atoms in total. The van der Waals surface area contributed by atoms with E-state index in [-0.39, 0.29) is 11.8 Å². The number of rotatable bonds is 4. The fourth-order valence-electron chi connectivity index (χ4n) is 1.89. The lowest BCUT2D eigenvalue weighted by Crippen LogP contribution is -2.42. The van der Waals surface area contributed by atoms with Gasteiger partial charge in [-0.15, -0.1) is 0 Å². The van der Waals surface area contributed by atoms with E-state index in [0.29, 0.717) is 19.4 Å². The van der Waals surface area contributed by atoms with Gasteiger partial charge in [0.2, 0.25) is 5.91 Å². The van der Waals surface area contributed by atoms with Crippen LogP contribution in [0.15, 0.2) is 0 Å². The standard InChI is InChI=1S/C11H19NO3/c1-2-3-6-10(13)12-7-4-5-9(8-12)11(14)15/h9H,2-8H2,1H3,(H,14,15)/t9-/m1/s1. The Morgan fingerprint density at radius 3 is 2.80 bits per heavy atom. The lowest BCUT2D eigenvalue weighted by molar-refractivity contribution is -0.145. The number of carboxylic acids is 1. The molecule has 1 N–H and O–H groups in total. The van der Waals surface area contributed by atoms with Gasteiger partial charge in [-0.1, -0.05) is 13.3 Å². The van der Waals surface area contributed by atoms with E-state index < -0.39 is 5.97 Å². The summed E-state index contributed by atoms with van der Waals surface area (Å²) in [5, 5.41) is 8.88. The Morgan fingerprint density at radius 2 is 2.20 bits per heavy atom. The van der Waals surface area contributed by atoms with Crippen LogP contribution < -0.4 is 0 Å². The van der Waals surface area contributed by atoms with Crippen LogP contribution in [0.4, 0.5) is 0 Å². The average Bonchev–Trinajstić information content (AvgIpc) is 2.26. The molecule has 0 unspecified atom stereocenters. The van der Waals surface area contributed by atoms with Crippen LogP contribution >= 0.6 is 0 Å². The summed E-state index contributed by atoms with van der Waals surface area (Å²) in [6.07, 6.45) is 3.97. The zero-order chi connectivity index (χ0) is 11.3. The van der Waals surface area contributed by atoms with E-state index in [1.54, 1.807) is 4.90 Å². The van der Waals surface area contributed by atoms with E-state index >= 15 is 0 Å². The molecule has 0 aromatic heterocycles. The topological polar surface area (TPSA) is 57.6 Å². The van der Waals surface area contributed by atoms with Gasteiger partial charge in [0.25, 0.3) is 0 Å². The van der Waals surface area contributed by atoms with E-state index in [1.165, 1.54) is 0 Å². The van der Waals surface area contributed by atoms with Gasteiger partial charge in [-0.25, -0.2) is 0 Å². The van der Waals surface area contributed by atoms with Crippen LogP contribution in [-0.4, -0.2) is 35.0 Å². The number of piperidine rings is 1. The molecule has 4 heteroatoms. The highest BCUT2D eigenvalue weighted by atomic mass is 16.4. The highest BCUT2D eigenvalue weighted by Crippen LogP contribution is 2.17. The van der Waals surface area contributed by atoms with Crippen LogP contribution in [0.2, 0.25) is 0 Å². The fourth-order valence-corrected chi connectivity index (χ4v) is 1.89. The van der Waals surface area contributed by atoms with Gasteiger partial charge in [0.05, 0.1) is 5.92 Å². The number of unbranched alkanes of at least 4 members (excludes halogenated alkanes) is 1. The molecule has 15 heavy (non-hydrogen) atoms. The molecule has 1 aliphatic heterocycles. The van der Waals surface area contributed by atoms with Crippen molar-refractivity contribution in [3.05, 3.63) is 0 Å². The Balaban J connectivity index is 2.41. The van der Waals surface area contributed by atoms with Gasteiger partial charge in [-0.2, -0.15) is 0 Å². The summed E-state index contributed by atoms with van der Waals surface area (Å²) < 4.78 is 0. The molecule has 1 rings (SSSR count). The second kappa shape index (κ2) is 5.73. The largest absolute Gasteiger partial charge is 0.481 e. The lowest BCUT2D eigenvalue weighted by atomic mass is 9.98. The molecule has 1 atom stereocenters. The smallest absolute Gasteiger partial charge is 0.308 e. The Hall–Kier alpha value is -1.06. The summed E-state index contributed by atoms with van der Waals surface area (Å²) in [5.74, 6) is -1.02. The monoisotopic (exact) mass is 213 g/mol. The number of amides is 1. The van der Waals surface area contributed by atoms with Crippen LogP contribution in [0.25, 0.3) is 0 Å². The van der Waals surface area contributed by atoms with Crippen molar-refractivity contribution in [3.8, 4) is 0 Å². The Morgan fingerprint density at radius 1 is 1.47 bits per heavy atom. The minimum Gasteiger partial charge on any atom is -0.481 e. The molecule has 1 amide bonds. The van der Waals surface area contributed by atoms with Crippen LogP contribution in [-0.2, 0) is 9.59 Å².